The summed E-state index contributed by atoms with van der Waals surface area (Å²) in [7, 11) is -4.26. The number of nitrogens with one attached hydrogen (secondary N) is 2. The van der Waals surface area contributed by atoms with Gasteiger partial charge in [0.05, 0.1) is 22.8 Å². The molecule has 0 aliphatic heterocycles. The number of H-pyrrole nitrogens is 2. The third kappa shape index (κ3) is 5.04. The molecule has 0 saturated heterocycles. The van der Waals surface area contributed by atoms with Crippen molar-refractivity contribution in [3.05, 3.63) is 44.0 Å². The number of alkyl halides is 3. The Balaban J connectivity index is 2.52. The van der Waals surface area contributed by atoms with Crippen LogP contribution in [0.2, 0.25) is 0 Å². The van der Waals surface area contributed by atoms with Crippen LogP contribution in [0.1, 0.15) is 18.1 Å². The molecule has 1 heterocycles. The van der Waals surface area contributed by atoms with E-state index >= 15 is 0 Å². The highest BCUT2D eigenvalue weighted by Gasteiger charge is 2.32. The molecule has 12 heteroatoms. The van der Waals surface area contributed by atoms with Crippen molar-refractivity contribution >= 4 is 18.6 Å². The lowest BCUT2D eigenvalue weighted by atomic mass is 10.1. The number of rotatable bonds is 6. The largest absolute Gasteiger partial charge is 0.416 e. The molecule has 0 fully saturated rings. The maximum absolute atomic E-state index is 13.1. The summed E-state index contributed by atoms with van der Waals surface area (Å²) in [5, 5.41) is 0. The summed E-state index contributed by atoms with van der Waals surface area (Å²) in [5.41, 5.74) is -3.14. The second kappa shape index (κ2) is 7.36. The Hall–Kier alpha value is -1.94. The van der Waals surface area contributed by atoms with E-state index in [4.69, 9.17) is 9.79 Å². The summed E-state index contributed by atoms with van der Waals surface area (Å²) in [4.78, 5) is 46.8. The van der Waals surface area contributed by atoms with Gasteiger partial charge in [-0.3, -0.25) is 19.1 Å². The van der Waals surface area contributed by atoms with Gasteiger partial charge >= 0.3 is 24.9 Å². The van der Waals surface area contributed by atoms with Crippen molar-refractivity contribution in [1.82, 2.24) is 14.9 Å². The van der Waals surface area contributed by atoms with Gasteiger partial charge in [0.1, 0.15) is 0 Å². The molecule has 2 rings (SSSR count). The fraction of sp³-hybridized carbons (Fsp3) is 0.429. The number of hydrogen-bond donors (Lipinski definition) is 4. The molecular formula is C14H17F3N3O5P. The van der Waals surface area contributed by atoms with Crippen molar-refractivity contribution in [2.45, 2.75) is 19.6 Å². The van der Waals surface area contributed by atoms with Crippen LogP contribution in [-0.2, 0) is 17.3 Å². The van der Waals surface area contributed by atoms with Crippen molar-refractivity contribution in [2.75, 3.05) is 19.3 Å². The van der Waals surface area contributed by atoms with E-state index in [1.165, 1.54) is 4.90 Å². The summed E-state index contributed by atoms with van der Waals surface area (Å²) in [6.45, 7) is 1.84. The van der Waals surface area contributed by atoms with Crippen molar-refractivity contribution in [2.24, 2.45) is 0 Å². The normalized spacial score (nSPS) is 12.9. The number of halogens is 3. The number of hydrogen-bond acceptors (Lipinski definition) is 4. The molecule has 26 heavy (non-hydrogen) atoms. The van der Waals surface area contributed by atoms with E-state index in [0.717, 1.165) is 12.1 Å². The zero-order valence-corrected chi connectivity index (χ0v) is 14.5. The van der Waals surface area contributed by atoms with Crippen molar-refractivity contribution in [3.63, 3.8) is 0 Å². The fourth-order valence-electron chi connectivity index (χ4n) is 2.45. The summed E-state index contributed by atoms with van der Waals surface area (Å²) >= 11 is 0. The van der Waals surface area contributed by atoms with E-state index in [-0.39, 0.29) is 29.7 Å². The van der Waals surface area contributed by atoms with Gasteiger partial charge in [-0.25, -0.2) is 0 Å². The first kappa shape index (κ1) is 20.4. The van der Waals surface area contributed by atoms with E-state index in [0.29, 0.717) is 6.54 Å². The Kier molecular flexibility index (Phi) is 5.76. The minimum absolute atomic E-state index is 0.0391. The summed E-state index contributed by atoms with van der Waals surface area (Å²) < 4.78 is 50.4. The Morgan fingerprint density at radius 2 is 1.77 bits per heavy atom. The predicted molar refractivity (Wildman–Crippen MR) is 88.1 cm³/mol. The average molecular weight is 395 g/mol. The topological polar surface area (TPSA) is 126 Å². The molecule has 0 aliphatic rings. The van der Waals surface area contributed by atoms with Gasteiger partial charge in [0.25, 0.3) is 0 Å². The fourth-order valence-corrected chi connectivity index (χ4v) is 2.99. The van der Waals surface area contributed by atoms with Gasteiger partial charge in [-0.2, -0.15) is 13.2 Å². The lowest BCUT2D eigenvalue weighted by Crippen LogP contribution is -2.31. The highest BCUT2D eigenvalue weighted by molar-refractivity contribution is 7.51. The zero-order valence-electron chi connectivity index (χ0n) is 13.6. The van der Waals surface area contributed by atoms with E-state index in [9.17, 15) is 27.3 Å². The molecule has 0 amide bonds. The van der Waals surface area contributed by atoms with Gasteiger partial charge in [-0.05, 0) is 24.2 Å². The molecular weight excluding hydrogens is 378 g/mol. The Labute approximate surface area is 144 Å². The summed E-state index contributed by atoms with van der Waals surface area (Å²) in [6.07, 6.45) is -5.12. The first-order valence-electron chi connectivity index (χ1n) is 7.54. The molecule has 1 aromatic carbocycles. The van der Waals surface area contributed by atoms with Gasteiger partial charge in [-0.15, -0.1) is 0 Å². The zero-order chi connectivity index (χ0) is 19.7. The molecule has 0 atom stereocenters. The molecule has 8 nitrogen and oxygen atoms in total. The minimum Gasteiger partial charge on any atom is -0.324 e. The summed E-state index contributed by atoms with van der Waals surface area (Å²) in [5.74, 6) is 0. The highest BCUT2D eigenvalue weighted by atomic mass is 31.2. The van der Waals surface area contributed by atoms with Crippen LogP contribution in [0.25, 0.3) is 11.0 Å². The van der Waals surface area contributed by atoms with Gasteiger partial charge in [-0.1, -0.05) is 6.92 Å². The van der Waals surface area contributed by atoms with Crippen LogP contribution in [0.15, 0.2) is 21.7 Å². The van der Waals surface area contributed by atoms with E-state index in [1.807, 2.05) is 0 Å². The second-order valence-electron chi connectivity index (χ2n) is 5.72. The number of aromatic amines is 2. The lowest BCUT2D eigenvalue weighted by molar-refractivity contribution is -0.137. The van der Waals surface area contributed by atoms with Crippen molar-refractivity contribution in [1.29, 1.82) is 0 Å². The van der Waals surface area contributed by atoms with Crippen LogP contribution in [-0.4, -0.2) is 43.9 Å². The first-order valence-corrected chi connectivity index (χ1v) is 9.34. The number of benzene rings is 1. The van der Waals surface area contributed by atoms with Crippen molar-refractivity contribution in [3.8, 4) is 0 Å². The SMILES string of the molecule is CCN(CCP(=O)(O)O)Cc1cc(C(F)(F)F)cc2[nH]c(=O)c(=O)[nH]c12. The quantitative estimate of drug-likeness (QED) is 0.431. The highest BCUT2D eigenvalue weighted by Crippen LogP contribution is 2.34. The van der Waals surface area contributed by atoms with Gasteiger partial charge < -0.3 is 19.8 Å². The second-order valence-corrected chi connectivity index (χ2v) is 7.50. The third-order valence-electron chi connectivity index (χ3n) is 3.79. The van der Waals surface area contributed by atoms with Crippen molar-refractivity contribution < 1.29 is 27.5 Å². The smallest absolute Gasteiger partial charge is 0.324 e. The molecule has 0 aliphatic carbocycles. The maximum Gasteiger partial charge on any atom is 0.416 e. The maximum atomic E-state index is 13.1. The van der Waals surface area contributed by atoms with Crippen LogP contribution in [0.5, 0.6) is 0 Å². The molecule has 4 N–H and O–H groups in total. The minimum atomic E-state index is -4.67. The van der Waals surface area contributed by atoms with E-state index in [1.54, 1.807) is 6.92 Å². The van der Waals surface area contributed by atoms with Gasteiger partial charge in [0.2, 0.25) is 0 Å². The molecule has 0 bridgehead atoms. The van der Waals surface area contributed by atoms with Crippen LogP contribution < -0.4 is 11.1 Å². The molecule has 144 valence electrons. The molecule has 0 unspecified atom stereocenters. The summed E-state index contributed by atoms with van der Waals surface area (Å²) in [6, 6.07) is 1.57. The van der Waals surface area contributed by atoms with Crippen LogP contribution in [0, 0.1) is 0 Å². The number of aromatic nitrogens is 2. The number of fused-ring (bicyclic) bond motifs is 1. The monoisotopic (exact) mass is 395 g/mol. The molecule has 2 aromatic rings. The Bertz CT molecular complexity index is 963. The Morgan fingerprint density at radius 1 is 1.15 bits per heavy atom. The standard InChI is InChI=1S/C14H17F3N3O5P/c1-2-20(3-4-26(23,24)25)7-8-5-9(14(15,16)17)6-10-11(8)19-13(22)12(21)18-10/h5-6H,2-4,7H2,1H3,(H,18,21)(H,19,22)(H2,23,24,25). The van der Waals surface area contributed by atoms with Gasteiger partial charge in [0.15, 0.2) is 0 Å². The van der Waals surface area contributed by atoms with E-state index in [2.05, 4.69) is 9.97 Å². The van der Waals surface area contributed by atoms with E-state index < -0.39 is 36.6 Å². The molecule has 1 aromatic heterocycles. The predicted octanol–water partition coefficient (Wildman–Crippen LogP) is 1.23. The number of nitrogens with zero attached hydrogens (tertiary/aromatic N) is 1. The lowest BCUT2D eigenvalue weighted by Gasteiger charge is -2.22. The van der Waals surface area contributed by atoms with Crippen LogP contribution in [0.3, 0.4) is 0 Å². The first-order chi connectivity index (χ1) is 11.9. The molecule has 0 spiro atoms. The Morgan fingerprint density at radius 3 is 2.31 bits per heavy atom. The molecule has 0 radical (unpaired) electrons. The third-order valence-corrected chi connectivity index (χ3v) is 4.57. The van der Waals surface area contributed by atoms with Gasteiger partial charge in [0, 0.05) is 13.1 Å². The average Bonchev–Trinajstić information content (AvgIpc) is 2.50. The molecule has 0 saturated carbocycles. The van der Waals surface area contributed by atoms with Crippen LogP contribution >= 0.6 is 7.60 Å². The van der Waals surface area contributed by atoms with Crippen LogP contribution in [0.4, 0.5) is 13.2 Å².